The maximum absolute atomic E-state index is 12.0. The Hall–Kier alpha value is -2.35. The van der Waals surface area contributed by atoms with Gasteiger partial charge in [0, 0.05) is 6.08 Å². The van der Waals surface area contributed by atoms with E-state index in [1.807, 2.05) is 44.2 Å². The molecule has 0 radical (unpaired) electrons. The smallest absolute Gasteiger partial charge is 0.244 e. The number of nitrogens with one attached hydrogen (secondary N) is 1. The summed E-state index contributed by atoms with van der Waals surface area (Å²) in [6.45, 7) is 8.23. The molecule has 0 bridgehead atoms. The van der Waals surface area contributed by atoms with Crippen LogP contribution in [0.4, 0.5) is 0 Å². The van der Waals surface area contributed by atoms with Crippen LogP contribution >= 0.6 is 0 Å². The van der Waals surface area contributed by atoms with E-state index >= 15 is 0 Å². The van der Waals surface area contributed by atoms with Crippen LogP contribution in [0, 0.1) is 20.8 Å². The summed E-state index contributed by atoms with van der Waals surface area (Å²) in [4.78, 5) is 12.0. The molecule has 0 aromatic heterocycles. The third-order valence-corrected chi connectivity index (χ3v) is 3.89. The lowest BCUT2D eigenvalue weighted by atomic mass is 10.0. The number of hydrogen-bond acceptors (Lipinski definition) is 1. The highest BCUT2D eigenvalue weighted by molar-refractivity contribution is 5.91. The zero-order chi connectivity index (χ0) is 16.1. The van der Waals surface area contributed by atoms with Crippen molar-refractivity contribution < 1.29 is 4.79 Å². The molecule has 1 N–H and O–H groups in total. The minimum Gasteiger partial charge on any atom is -0.346 e. The van der Waals surface area contributed by atoms with Gasteiger partial charge in [-0.2, -0.15) is 0 Å². The first-order valence-electron chi connectivity index (χ1n) is 7.58. The van der Waals surface area contributed by atoms with Gasteiger partial charge in [0.2, 0.25) is 5.91 Å². The Labute approximate surface area is 132 Å². The van der Waals surface area contributed by atoms with Crippen LogP contribution in [0.5, 0.6) is 0 Å². The first-order chi connectivity index (χ1) is 10.5. The molecule has 1 atom stereocenters. The first kappa shape index (κ1) is 16.0. The van der Waals surface area contributed by atoms with E-state index in [0.29, 0.717) is 0 Å². The molecule has 0 aliphatic rings. The first-order valence-corrected chi connectivity index (χ1v) is 7.58. The fraction of sp³-hybridized carbons (Fsp3) is 0.250. The van der Waals surface area contributed by atoms with Crippen molar-refractivity contribution in [2.45, 2.75) is 33.7 Å². The van der Waals surface area contributed by atoms with Crippen molar-refractivity contribution in [3.8, 4) is 0 Å². The van der Waals surface area contributed by atoms with E-state index in [1.54, 1.807) is 6.08 Å². The topological polar surface area (TPSA) is 29.1 Å². The van der Waals surface area contributed by atoms with Crippen LogP contribution in [0.1, 0.15) is 40.8 Å². The Kier molecular flexibility index (Phi) is 5.16. The van der Waals surface area contributed by atoms with Crippen molar-refractivity contribution in [1.82, 2.24) is 5.32 Å². The predicted molar refractivity (Wildman–Crippen MR) is 92.7 cm³/mol. The summed E-state index contributed by atoms with van der Waals surface area (Å²) in [6.07, 6.45) is 3.42. The second-order valence-electron chi connectivity index (χ2n) is 5.82. The van der Waals surface area contributed by atoms with Gasteiger partial charge in [-0.05, 0) is 56.0 Å². The van der Waals surface area contributed by atoms with Crippen molar-refractivity contribution >= 4 is 12.0 Å². The predicted octanol–water partition coefficient (Wildman–Crippen LogP) is 4.50. The molecule has 0 aliphatic carbocycles. The maximum atomic E-state index is 12.0. The van der Waals surface area contributed by atoms with Gasteiger partial charge in [0.15, 0.2) is 0 Å². The third kappa shape index (κ3) is 4.32. The molecule has 114 valence electrons. The van der Waals surface area contributed by atoms with Gasteiger partial charge in [-0.15, -0.1) is 0 Å². The Morgan fingerprint density at radius 2 is 1.68 bits per heavy atom. The van der Waals surface area contributed by atoms with Gasteiger partial charge in [0.05, 0.1) is 6.04 Å². The van der Waals surface area contributed by atoms with Gasteiger partial charge in [-0.25, -0.2) is 0 Å². The fourth-order valence-electron chi connectivity index (χ4n) is 2.23. The van der Waals surface area contributed by atoms with Crippen LogP contribution in [0.25, 0.3) is 6.08 Å². The number of carbonyl (C=O) groups excluding carboxylic acids is 1. The summed E-state index contributed by atoms with van der Waals surface area (Å²) in [5.41, 5.74) is 5.88. The van der Waals surface area contributed by atoms with Gasteiger partial charge in [-0.3, -0.25) is 4.79 Å². The van der Waals surface area contributed by atoms with Crippen LogP contribution in [0.2, 0.25) is 0 Å². The van der Waals surface area contributed by atoms with E-state index in [-0.39, 0.29) is 11.9 Å². The monoisotopic (exact) mass is 293 g/mol. The number of amides is 1. The molecule has 0 saturated carbocycles. The lowest BCUT2D eigenvalue weighted by Gasteiger charge is -2.14. The number of rotatable bonds is 4. The molecule has 0 spiro atoms. The summed E-state index contributed by atoms with van der Waals surface area (Å²) < 4.78 is 0. The second kappa shape index (κ2) is 7.08. The van der Waals surface area contributed by atoms with Gasteiger partial charge < -0.3 is 5.32 Å². The van der Waals surface area contributed by atoms with Crippen LogP contribution in [-0.4, -0.2) is 5.91 Å². The summed E-state index contributed by atoms with van der Waals surface area (Å²) >= 11 is 0. The maximum Gasteiger partial charge on any atom is 0.244 e. The standard InChI is InChI=1S/C20H23NO/c1-14-5-8-18(9-6-14)10-12-20(22)21-17(4)19-11-7-15(2)16(3)13-19/h5-13,17H,1-4H3,(H,21,22)/b12-10+. The van der Waals surface area contributed by atoms with Crippen LogP contribution in [0.3, 0.4) is 0 Å². The Bertz CT molecular complexity index is 683. The third-order valence-electron chi connectivity index (χ3n) is 3.89. The molecular formula is C20H23NO. The van der Waals surface area contributed by atoms with Crippen molar-refractivity contribution in [2.75, 3.05) is 0 Å². The van der Waals surface area contributed by atoms with E-state index in [0.717, 1.165) is 11.1 Å². The van der Waals surface area contributed by atoms with Gasteiger partial charge in [-0.1, -0.05) is 48.0 Å². The summed E-state index contributed by atoms with van der Waals surface area (Å²) in [6, 6.07) is 14.4. The lowest BCUT2D eigenvalue weighted by molar-refractivity contribution is -0.117. The second-order valence-corrected chi connectivity index (χ2v) is 5.82. The molecule has 0 fully saturated rings. The minimum atomic E-state index is -0.0775. The highest BCUT2D eigenvalue weighted by Crippen LogP contribution is 2.16. The fourth-order valence-corrected chi connectivity index (χ4v) is 2.23. The highest BCUT2D eigenvalue weighted by Gasteiger charge is 2.08. The zero-order valence-electron chi connectivity index (χ0n) is 13.7. The molecule has 2 aromatic carbocycles. The molecule has 2 aromatic rings. The molecule has 2 rings (SSSR count). The normalized spacial score (nSPS) is 12.4. The molecule has 0 saturated heterocycles. The Balaban J connectivity index is 1.98. The number of benzene rings is 2. The highest BCUT2D eigenvalue weighted by atomic mass is 16.1. The molecule has 1 amide bonds. The Morgan fingerprint density at radius 3 is 2.32 bits per heavy atom. The summed E-state index contributed by atoms with van der Waals surface area (Å²) in [5, 5.41) is 3.00. The minimum absolute atomic E-state index is 0.00512. The van der Waals surface area contributed by atoms with Gasteiger partial charge in [0.25, 0.3) is 0 Å². The molecule has 2 nitrogen and oxygen atoms in total. The largest absolute Gasteiger partial charge is 0.346 e. The number of aryl methyl sites for hydroxylation is 3. The average molecular weight is 293 g/mol. The quantitative estimate of drug-likeness (QED) is 0.826. The van der Waals surface area contributed by atoms with E-state index in [4.69, 9.17) is 0 Å². The van der Waals surface area contributed by atoms with E-state index in [9.17, 15) is 4.79 Å². The Morgan fingerprint density at radius 1 is 1.00 bits per heavy atom. The average Bonchev–Trinajstić information content (AvgIpc) is 2.49. The van der Waals surface area contributed by atoms with E-state index < -0.39 is 0 Å². The molecule has 1 unspecified atom stereocenters. The number of hydrogen-bond donors (Lipinski definition) is 1. The zero-order valence-corrected chi connectivity index (χ0v) is 13.7. The van der Waals surface area contributed by atoms with Crippen molar-refractivity contribution in [3.05, 3.63) is 76.4 Å². The van der Waals surface area contributed by atoms with Gasteiger partial charge in [0.1, 0.15) is 0 Å². The van der Waals surface area contributed by atoms with Crippen molar-refractivity contribution in [2.24, 2.45) is 0 Å². The molecule has 2 heteroatoms. The van der Waals surface area contributed by atoms with Crippen molar-refractivity contribution in [3.63, 3.8) is 0 Å². The van der Waals surface area contributed by atoms with Gasteiger partial charge >= 0.3 is 0 Å². The lowest BCUT2D eigenvalue weighted by Crippen LogP contribution is -2.24. The molecule has 0 heterocycles. The molecular weight excluding hydrogens is 270 g/mol. The van der Waals surface area contributed by atoms with Crippen LogP contribution in [0.15, 0.2) is 48.5 Å². The van der Waals surface area contributed by atoms with Crippen molar-refractivity contribution in [1.29, 1.82) is 0 Å². The summed E-state index contributed by atoms with van der Waals surface area (Å²) in [7, 11) is 0. The van der Waals surface area contributed by atoms with Crippen LogP contribution < -0.4 is 5.32 Å². The molecule has 22 heavy (non-hydrogen) atoms. The van der Waals surface area contributed by atoms with E-state index in [1.165, 1.54) is 16.7 Å². The SMILES string of the molecule is Cc1ccc(/C=C/C(=O)NC(C)c2ccc(C)c(C)c2)cc1. The molecule has 0 aliphatic heterocycles. The number of carbonyl (C=O) groups is 1. The summed E-state index contributed by atoms with van der Waals surface area (Å²) in [5.74, 6) is -0.0775. The van der Waals surface area contributed by atoms with Crippen LogP contribution in [-0.2, 0) is 4.79 Å². The van der Waals surface area contributed by atoms with E-state index in [2.05, 4.69) is 37.4 Å².